The van der Waals surface area contributed by atoms with E-state index in [1.165, 1.54) is 5.56 Å². The van der Waals surface area contributed by atoms with E-state index in [2.05, 4.69) is 15.4 Å². The number of hydrogen-bond donors (Lipinski definition) is 1. The number of hydrogen-bond acceptors (Lipinski definition) is 4. The van der Waals surface area contributed by atoms with Gasteiger partial charge in [0.25, 0.3) is 5.91 Å². The molecule has 24 heavy (non-hydrogen) atoms. The monoisotopic (exact) mass is 347 g/mol. The maximum atomic E-state index is 12.3. The summed E-state index contributed by atoms with van der Waals surface area (Å²) in [7, 11) is 0. The zero-order valence-electron chi connectivity index (χ0n) is 13.8. The molecule has 1 aliphatic heterocycles. The summed E-state index contributed by atoms with van der Waals surface area (Å²) in [5.74, 6) is 0.113. The van der Waals surface area contributed by atoms with Gasteiger partial charge in [-0.25, -0.2) is 0 Å². The Hall–Kier alpha value is -1.85. The van der Waals surface area contributed by atoms with Crippen molar-refractivity contribution >= 4 is 17.5 Å². The van der Waals surface area contributed by atoms with Crippen molar-refractivity contribution in [1.82, 2.24) is 15.4 Å². The van der Waals surface area contributed by atoms with Gasteiger partial charge < -0.3 is 9.84 Å². The molecule has 1 atom stereocenters. The summed E-state index contributed by atoms with van der Waals surface area (Å²) in [6.45, 7) is 4.72. The van der Waals surface area contributed by atoms with Gasteiger partial charge in [0.05, 0.1) is 5.69 Å². The van der Waals surface area contributed by atoms with Gasteiger partial charge in [0.2, 0.25) is 5.76 Å². The minimum absolute atomic E-state index is 0.133. The zero-order chi connectivity index (χ0) is 16.9. The van der Waals surface area contributed by atoms with Crippen molar-refractivity contribution in [1.29, 1.82) is 0 Å². The maximum Gasteiger partial charge on any atom is 0.290 e. The summed E-state index contributed by atoms with van der Waals surface area (Å²) >= 11 is 5.93. The van der Waals surface area contributed by atoms with Gasteiger partial charge in [-0.1, -0.05) is 35.8 Å². The molecule has 2 heterocycles. The van der Waals surface area contributed by atoms with Crippen LogP contribution in [0.25, 0.3) is 0 Å². The van der Waals surface area contributed by atoms with Gasteiger partial charge in [0, 0.05) is 30.2 Å². The minimum Gasteiger partial charge on any atom is -0.351 e. The van der Waals surface area contributed by atoms with Crippen LogP contribution in [0.1, 0.15) is 41.6 Å². The molecule has 0 spiro atoms. The van der Waals surface area contributed by atoms with Gasteiger partial charge in [-0.15, -0.1) is 0 Å². The van der Waals surface area contributed by atoms with Gasteiger partial charge >= 0.3 is 0 Å². The highest BCUT2D eigenvalue weighted by atomic mass is 35.5. The van der Waals surface area contributed by atoms with E-state index in [1.807, 2.05) is 31.2 Å². The van der Waals surface area contributed by atoms with Crippen molar-refractivity contribution in [3.8, 4) is 0 Å². The third-order valence-electron chi connectivity index (χ3n) is 4.31. The van der Waals surface area contributed by atoms with Gasteiger partial charge in [-0.05, 0) is 43.5 Å². The van der Waals surface area contributed by atoms with Crippen molar-refractivity contribution in [3.63, 3.8) is 0 Å². The lowest BCUT2D eigenvalue weighted by molar-refractivity contribution is 0.0864. The number of benzene rings is 1. The van der Waals surface area contributed by atoms with Crippen LogP contribution in [0.15, 0.2) is 34.9 Å². The first-order valence-electron chi connectivity index (χ1n) is 8.37. The highest BCUT2D eigenvalue weighted by Gasteiger charge is 2.23. The maximum absolute atomic E-state index is 12.3. The van der Waals surface area contributed by atoms with Gasteiger partial charge in [0.15, 0.2) is 0 Å². The van der Waals surface area contributed by atoms with E-state index < -0.39 is 0 Å². The predicted octanol–water partition coefficient (Wildman–Crippen LogP) is 3.28. The molecule has 1 unspecified atom stereocenters. The lowest BCUT2D eigenvalue weighted by Crippen LogP contribution is -2.47. The molecule has 2 aromatic rings. The van der Waals surface area contributed by atoms with Crippen LogP contribution < -0.4 is 5.32 Å². The molecule has 1 saturated heterocycles. The van der Waals surface area contributed by atoms with Gasteiger partial charge in [0.1, 0.15) is 0 Å². The van der Waals surface area contributed by atoms with E-state index >= 15 is 0 Å². The second-order valence-electron chi connectivity index (χ2n) is 6.21. The SMILES string of the molecule is CCc1cc(C(=O)NC2CCCN(Cc3ccc(Cl)cc3)C2)on1. The number of carbonyl (C=O) groups excluding carboxylic acids is 1. The summed E-state index contributed by atoms with van der Waals surface area (Å²) in [6, 6.07) is 9.76. The Kier molecular flexibility index (Phi) is 5.53. The quantitative estimate of drug-likeness (QED) is 0.901. The number of amides is 1. The van der Waals surface area contributed by atoms with Crippen LogP contribution in [0, 0.1) is 0 Å². The molecule has 1 aromatic heterocycles. The van der Waals surface area contributed by atoms with Gasteiger partial charge in [-0.2, -0.15) is 0 Å². The normalized spacial score (nSPS) is 18.5. The molecule has 0 radical (unpaired) electrons. The van der Waals surface area contributed by atoms with E-state index in [4.69, 9.17) is 16.1 Å². The van der Waals surface area contributed by atoms with Crippen LogP contribution in [0.2, 0.25) is 5.02 Å². The minimum atomic E-state index is -0.180. The number of aromatic nitrogens is 1. The van der Waals surface area contributed by atoms with Crippen LogP contribution in [-0.4, -0.2) is 35.1 Å². The van der Waals surface area contributed by atoms with Crippen molar-refractivity contribution < 1.29 is 9.32 Å². The molecule has 6 heteroatoms. The lowest BCUT2D eigenvalue weighted by atomic mass is 10.0. The van der Waals surface area contributed by atoms with E-state index in [0.29, 0.717) is 5.76 Å². The Labute approximate surface area is 147 Å². The molecular weight excluding hydrogens is 326 g/mol. The first-order chi connectivity index (χ1) is 11.6. The zero-order valence-corrected chi connectivity index (χ0v) is 14.6. The van der Waals surface area contributed by atoms with Crippen molar-refractivity contribution in [2.24, 2.45) is 0 Å². The smallest absolute Gasteiger partial charge is 0.290 e. The Morgan fingerprint density at radius 1 is 1.42 bits per heavy atom. The largest absolute Gasteiger partial charge is 0.351 e. The molecule has 5 nitrogen and oxygen atoms in total. The number of aryl methyl sites for hydroxylation is 1. The van der Waals surface area contributed by atoms with E-state index in [1.54, 1.807) is 6.07 Å². The second-order valence-corrected chi connectivity index (χ2v) is 6.65. The van der Waals surface area contributed by atoms with Crippen LogP contribution >= 0.6 is 11.6 Å². The van der Waals surface area contributed by atoms with Crippen molar-refractivity contribution in [3.05, 3.63) is 52.4 Å². The average molecular weight is 348 g/mol. The fourth-order valence-electron chi connectivity index (χ4n) is 3.01. The average Bonchev–Trinajstić information content (AvgIpc) is 3.07. The fourth-order valence-corrected chi connectivity index (χ4v) is 3.13. The second kappa shape index (κ2) is 7.81. The summed E-state index contributed by atoms with van der Waals surface area (Å²) in [4.78, 5) is 14.6. The Morgan fingerprint density at radius 3 is 2.92 bits per heavy atom. The Bertz CT molecular complexity index is 684. The molecule has 1 aliphatic rings. The molecule has 0 saturated carbocycles. The molecule has 1 aromatic carbocycles. The number of carbonyl (C=O) groups is 1. The highest BCUT2D eigenvalue weighted by molar-refractivity contribution is 6.30. The molecule has 128 valence electrons. The lowest BCUT2D eigenvalue weighted by Gasteiger charge is -2.33. The molecule has 1 fully saturated rings. The summed E-state index contributed by atoms with van der Waals surface area (Å²) in [5.41, 5.74) is 2.03. The fraction of sp³-hybridized carbons (Fsp3) is 0.444. The summed E-state index contributed by atoms with van der Waals surface area (Å²) in [5, 5.41) is 7.68. The molecule has 0 bridgehead atoms. The first-order valence-corrected chi connectivity index (χ1v) is 8.75. The van der Waals surface area contributed by atoms with Crippen LogP contribution in [0.5, 0.6) is 0 Å². The number of rotatable bonds is 5. The molecule has 3 rings (SSSR count). The van der Waals surface area contributed by atoms with Crippen molar-refractivity contribution in [2.75, 3.05) is 13.1 Å². The molecule has 1 N–H and O–H groups in total. The van der Waals surface area contributed by atoms with Crippen LogP contribution in [-0.2, 0) is 13.0 Å². The number of piperidine rings is 1. The first kappa shape index (κ1) is 17.0. The number of likely N-dealkylation sites (tertiary alicyclic amines) is 1. The van der Waals surface area contributed by atoms with Crippen LogP contribution in [0.3, 0.4) is 0 Å². The number of nitrogens with zero attached hydrogens (tertiary/aromatic N) is 2. The third-order valence-corrected chi connectivity index (χ3v) is 4.56. The molecule has 0 aliphatic carbocycles. The summed E-state index contributed by atoms with van der Waals surface area (Å²) in [6.07, 6.45) is 2.81. The van der Waals surface area contributed by atoms with E-state index in [-0.39, 0.29) is 11.9 Å². The van der Waals surface area contributed by atoms with E-state index in [9.17, 15) is 4.79 Å². The molecule has 1 amide bonds. The standard InChI is InChI=1S/C18H22ClN3O2/c1-2-15-10-17(24-21-15)18(23)20-16-4-3-9-22(12-16)11-13-5-7-14(19)8-6-13/h5-8,10,16H,2-4,9,11-12H2,1H3,(H,20,23). The Morgan fingerprint density at radius 2 is 2.21 bits per heavy atom. The van der Waals surface area contributed by atoms with Crippen LogP contribution in [0.4, 0.5) is 0 Å². The van der Waals surface area contributed by atoms with Crippen molar-refractivity contribution in [2.45, 2.75) is 38.8 Å². The van der Waals surface area contributed by atoms with E-state index in [0.717, 1.165) is 49.6 Å². The van der Waals surface area contributed by atoms with Gasteiger partial charge in [-0.3, -0.25) is 9.69 Å². The molecular formula is C18H22ClN3O2. The predicted molar refractivity (Wildman–Crippen MR) is 93.1 cm³/mol. The Balaban J connectivity index is 1.55. The topological polar surface area (TPSA) is 58.4 Å². The third kappa shape index (κ3) is 4.36. The summed E-state index contributed by atoms with van der Waals surface area (Å²) < 4.78 is 5.10. The number of nitrogens with one attached hydrogen (secondary N) is 1. The highest BCUT2D eigenvalue weighted by Crippen LogP contribution is 2.16. The number of halogens is 1.